The molecule has 3 heteroatoms. The van der Waals surface area contributed by atoms with Crippen LogP contribution in [0.4, 0.5) is 0 Å². The first-order chi connectivity index (χ1) is 8.59. The molecule has 1 rings (SSSR count). The topological polar surface area (TPSA) is 49.5 Å². The molecule has 3 nitrogen and oxygen atoms in total. The average Bonchev–Trinajstić information content (AvgIpc) is 2.59. The van der Waals surface area contributed by atoms with Gasteiger partial charge in [0.2, 0.25) is 0 Å². The number of nitrogens with two attached hydrogens (primary N) is 1. The lowest BCUT2D eigenvalue weighted by Crippen LogP contribution is -2.36. The molecule has 1 heterocycles. The lowest BCUT2D eigenvalue weighted by Gasteiger charge is -2.29. The van der Waals surface area contributed by atoms with Crippen LogP contribution in [-0.2, 0) is 0 Å². The highest BCUT2D eigenvalue weighted by atomic mass is 16.3. The van der Waals surface area contributed by atoms with Gasteiger partial charge in [-0.15, -0.1) is 0 Å². The van der Waals surface area contributed by atoms with Gasteiger partial charge in [-0.05, 0) is 58.5 Å². The molecule has 0 saturated carbocycles. The van der Waals surface area contributed by atoms with Gasteiger partial charge in [-0.2, -0.15) is 0 Å². The quantitative estimate of drug-likeness (QED) is 0.688. The van der Waals surface area contributed by atoms with Gasteiger partial charge in [0.1, 0.15) is 0 Å². The number of aliphatic hydroxyl groups is 1. The van der Waals surface area contributed by atoms with Crippen molar-refractivity contribution in [1.82, 2.24) is 4.90 Å². The molecule has 0 aromatic rings. The summed E-state index contributed by atoms with van der Waals surface area (Å²) in [4.78, 5) is 2.67. The molecule has 0 amide bonds. The van der Waals surface area contributed by atoms with Crippen molar-refractivity contribution < 1.29 is 5.11 Å². The molecule has 0 spiro atoms. The molecule has 2 unspecified atom stereocenters. The summed E-state index contributed by atoms with van der Waals surface area (Å²) in [6.45, 7) is 6.98. The lowest BCUT2D eigenvalue weighted by atomic mass is 9.99. The van der Waals surface area contributed by atoms with Gasteiger partial charge < -0.3 is 15.7 Å². The zero-order chi connectivity index (χ0) is 13.4. The minimum Gasteiger partial charge on any atom is -0.389 e. The second-order valence-electron chi connectivity index (χ2n) is 6.11. The summed E-state index contributed by atoms with van der Waals surface area (Å²) >= 11 is 0. The van der Waals surface area contributed by atoms with Crippen molar-refractivity contribution in [3.63, 3.8) is 0 Å². The van der Waals surface area contributed by atoms with Crippen LogP contribution in [0.3, 0.4) is 0 Å². The lowest BCUT2D eigenvalue weighted by molar-refractivity contribution is 0.0557. The summed E-state index contributed by atoms with van der Waals surface area (Å²) in [5.41, 5.74) is 4.87. The largest absolute Gasteiger partial charge is 0.389 e. The Hall–Kier alpha value is -0.120. The van der Waals surface area contributed by atoms with Gasteiger partial charge in [-0.1, -0.05) is 19.8 Å². The van der Waals surface area contributed by atoms with Crippen molar-refractivity contribution in [2.45, 2.75) is 76.9 Å². The second kappa shape index (κ2) is 8.13. The molecular formula is C15H32N2O. The van der Waals surface area contributed by atoms with Gasteiger partial charge in [0, 0.05) is 12.6 Å². The minimum atomic E-state index is -0.664. The maximum Gasteiger partial charge on any atom is 0.0741 e. The van der Waals surface area contributed by atoms with Crippen molar-refractivity contribution in [2.24, 2.45) is 5.73 Å². The molecule has 2 atom stereocenters. The van der Waals surface area contributed by atoms with E-state index in [4.69, 9.17) is 5.73 Å². The molecule has 1 aliphatic heterocycles. The smallest absolute Gasteiger partial charge is 0.0741 e. The van der Waals surface area contributed by atoms with E-state index in [-0.39, 0.29) is 0 Å². The molecule has 108 valence electrons. The Bertz CT molecular complexity index is 219. The molecule has 1 aliphatic rings. The SMILES string of the molecule is CCC1CCCCCN1CCCCC(C)(O)CN. The predicted octanol–water partition coefficient (Wildman–Crippen LogP) is 2.52. The van der Waals surface area contributed by atoms with Crippen LogP contribution >= 0.6 is 0 Å². The first-order valence-corrected chi connectivity index (χ1v) is 7.75. The van der Waals surface area contributed by atoms with Crippen LogP contribution in [0.2, 0.25) is 0 Å². The minimum absolute atomic E-state index is 0.369. The fourth-order valence-electron chi connectivity index (χ4n) is 2.92. The van der Waals surface area contributed by atoms with Crippen molar-refractivity contribution in [2.75, 3.05) is 19.6 Å². The van der Waals surface area contributed by atoms with E-state index in [0.29, 0.717) is 6.54 Å². The molecular weight excluding hydrogens is 224 g/mol. The van der Waals surface area contributed by atoms with Gasteiger partial charge in [-0.25, -0.2) is 0 Å². The van der Waals surface area contributed by atoms with E-state index in [1.54, 1.807) is 0 Å². The zero-order valence-corrected chi connectivity index (χ0v) is 12.3. The van der Waals surface area contributed by atoms with Crippen LogP contribution in [0.1, 0.15) is 65.2 Å². The maximum atomic E-state index is 9.86. The summed E-state index contributed by atoms with van der Waals surface area (Å²) in [5, 5.41) is 9.86. The van der Waals surface area contributed by atoms with E-state index in [0.717, 1.165) is 18.9 Å². The third kappa shape index (κ3) is 5.68. The van der Waals surface area contributed by atoms with E-state index in [9.17, 15) is 5.11 Å². The van der Waals surface area contributed by atoms with Crippen molar-refractivity contribution >= 4 is 0 Å². The molecule has 0 aliphatic carbocycles. The molecule has 0 bridgehead atoms. The highest BCUT2D eigenvalue weighted by Gasteiger charge is 2.20. The Morgan fingerprint density at radius 3 is 2.72 bits per heavy atom. The van der Waals surface area contributed by atoms with Gasteiger partial charge in [-0.3, -0.25) is 0 Å². The molecule has 18 heavy (non-hydrogen) atoms. The number of likely N-dealkylation sites (tertiary alicyclic amines) is 1. The van der Waals surface area contributed by atoms with Gasteiger partial charge in [0.05, 0.1) is 5.60 Å². The molecule has 0 radical (unpaired) electrons. The van der Waals surface area contributed by atoms with Crippen molar-refractivity contribution in [3.8, 4) is 0 Å². The summed E-state index contributed by atoms with van der Waals surface area (Å²) in [7, 11) is 0. The predicted molar refractivity (Wildman–Crippen MR) is 77.6 cm³/mol. The van der Waals surface area contributed by atoms with Gasteiger partial charge >= 0.3 is 0 Å². The van der Waals surface area contributed by atoms with E-state index in [2.05, 4.69) is 11.8 Å². The Kier molecular flexibility index (Phi) is 7.20. The normalized spacial score (nSPS) is 25.7. The van der Waals surface area contributed by atoms with Gasteiger partial charge in [0.25, 0.3) is 0 Å². The van der Waals surface area contributed by atoms with Crippen LogP contribution in [0.25, 0.3) is 0 Å². The molecule has 1 fully saturated rings. The highest BCUT2D eigenvalue weighted by molar-refractivity contribution is 4.76. The van der Waals surface area contributed by atoms with E-state index >= 15 is 0 Å². The highest BCUT2D eigenvalue weighted by Crippen LogP contribution is 2.20. The summed E-state index contributed by atoms with van der Waals surface area (Å²) in [5.74, 6) is 0. The van der Waals surface area contributed by atoms with E-state index < -0.39 is 5.60 Å². The first kappa shape index (κ1) is 15.9. The van der Waals surface area contributed by atoms with E-state index in [1.165, 1.54) is 51.6 Å². The van der Waals surface area contributed by atoms with Crippen LogP contribution in [0, 0.1) is 0 Å². The van der Waals surface area contributed by atoms with Crippen LogP contribution in [0.15, 0.2) is 0 Å². The average molecular weight is 256 g/mol. The number of rotatable bonds is 7. The van der Waals surface area contributed by atoms with Crippen LogP contribution < -0.4 is 5.73 Å². The Morgan fingerprint density at radius 2 is 2.06 bits per heavy atom. The third-order valence-electron chi connectivity index (χ3n) is 4.32. The van der Waals surface area contributed by atoms with Crippen molar-refractivity contribution in [1.29, 1.82) is 0 Å². The summed E-state index contributed by atoms with van der Waals surface area (Å²) in [6.07, 6.45) is 9.90. The van der Waals surface area contributed by atoms with Crippen molar-refractivity contribution in [3.05, 3.63) is 0 Å². The summed E-state index contributed by atoms with van der Waals surface area (Å²) in [6, 6.07) is 0.794. The molecule has 3 N–H and O–H groups in total. The molecule has 0 aromatic heterocycles. The Balaban J connectivity index is 2.23. The standard InChI is InChI=1S/C15H32N2O/c1-3-14-9-5-4-7-11-17(14)12-8-6-10-15(2,18)13-16/h14,18H,3-13,16H2,1-2H3. The number of nitrogens with zero attached hydrogens (tertiary/aromatic N) is 1. The number of hydrogen-bond donors (Lipinski definition) is 2. The monoisotopic (exact) mass is 256 g/mol. The number of hydrogen-bond acceptors (Lipinski definition) is 3. The summed E-state index contributed by atoms with van der Waals surface area (Å²) < 4.78 is 0. The van der Waals surface area contributed by atoms with Crippen LogP contribution in [-0.4, -0.2) is 41.3 Å². The molecule has 1 saturated heterocycles. The first-order valence-electron chi connectivity index (χ1n) is 7.75. The van der Waals surface area contributed by atoms with E-state index in [1.807, 2.05) is 6.92 Å². The third-order valence-corrected chi connectivity index (χ3v) is 4.32. The molecule has 0 aromatic carbocycles. The maximum absolute atomic E-state index is 9.86. The Labute approximate surface area is 113 Å². The number of unbranched alkanes of at least 4 members (excludes halogenated alkanes) is 1. The fourth-order valence-corrected chi connectivity index (χ4v) is 2.92. The fraction of sp³-hybridized carbons (Fsp3) is 1.00. The van der Waals surface area contributed by atoms with Gasteiger partial charge in [0.15, 0.2) is 0 Å². The zero-order valence-electron chi connectivity index (χ0n) is 12.3. The second-order valence-corrected chi connectivity index (χ2v) is 6.11. The van der Waals surface area contributed by atoms with Crippen LogP contribution in [0.5, 0.6) is 0 Å². The Morgan fingerprint density at radius 1 is 1.28 bits per heavy atom.